The summed E-state index contributed by atoms with van der Waals surface area (Å²) >= 11 is 3.49. The van der Waals surface area contributed by atoms with Crippen molar-refractivity contribution in [1.29, 1.82) is 0 Å². The first-order valence-corrected chi connectivity index (χ1v) is 7.57. The van der Waals surface area contributed by atoms with Crippen LogP contribution in [0.1, 0.15) is 22.9 Å². The number of halogens is 1. The molecule has 0 aliphatic heterocycles. The molecule has 0 saturated carbocycles. The molecule has 1 heterocycles. The monoisotopic (exact) mass is 341 g/mol. The molecule has 21 heavy (non-hydrogen) atoms. The van der Waals surface area contributed by atoms with Crippen molar-refractivity contribution in [3.63, 3.8) is 0 Å². The van der Waals surface area contributed by atoms with E-state index in [-0.39, 0.29) is 6.04 Å². The van der Waals surface area contributed by atoms with Crippen LogP contribution < -0.4 is 5.73 Å². The molecule has 0 amide bonds. The molecule has 3 nitrogen and oxygen atoms in total. The largest absolute Gasteiger partial charge is 0.319 e. The van der Waals surface area contributed by atoms with Crippen LogP contribution in [0, 0.1) is 6.92 Å². The van der Waals surface area contributed by atoms with Gasteiger partial charge in [0.1, 0.15) is 0 Å². The fraction of sp³-hybridized carbons (Fsp3) is 0.118. The van der Waals surface area contributed by atoms with Crippen LogP contribution >= 0.6 is 15.9 Å². The van der Waals surface area contributed by atoms with E-state index >= 15 is 0 Å². The van der Waals surface area contributed by atoms with Gasteiger partial charge in [-0.1, -0.05) is 40.2 Å². The Morgan fingerprint density at radius 3 is 2.57 bits per heavy atom. The molecule has 0 aliphatic carbocycles. The lowest BCUT2D eigenvalue weighted by Gasteiger charge is -2.17. The van der Waals surface area contributed by atoms with Gasteiger partial charge in [0.05, 0.1) is 17.4 Å². The molecule has 106 valence electrons. The van der Waals surface area contributed by atoms with Crippen LogP contribution in [0.3, 0.4) is 0 Å². The van der Waals surface area contributed by atoms with E-state index in [9.17, 15) is 0 Å². The molecule has 4 heteroatoms. The molecule has 1 aromatic heterocycles. The Morgan fingerprint density at radius 2 is 1.86 bits per heavy atom. The molecule has 0 aliphatic rings. The predicted octanol–water partition coefficient (Wildman–Crippen LogP) is 3.99. The summed E-state index contributed by atoms with van der Waals surface area (Å²) in [6, 6.07) is 18.0. The Kier molecular flexibility index (Phi) is 3.90. The molecular weight excluding hydrogens is 326 g/mol. The summed E-state index contributed by atoms with van der Waals surface area (Å²) in [7, 11) is 0. The number of para-hydroxylation sites is 1. The number of benzene rings is 2. The van der Waals surface area contributed by atoms with Crippen LogP contribution in [0.5, 0.6) is 0 Å². The summed E-state index contributed by atoms with van der Waals surface area (Å²) in [6.45, 7) is 2.07. The van der Waals surface area contributed by atoms with E-state index < -0.39 is 0 Å². The van der Waals surface area contributed by atoms with Gasteiger partial charge in [0.25, 0.3) is 0 Å². The normalized spacial score (nSPS) is 12.3. The quantitative estimate of drug-likeness (QED) is 0.782. The number of aromatic nitrogens is 2. The Labute approximate surface area is 132 Å². The van der Waals surface area contributed by atoms with Crippen molar-refractivity contribution in [1.82, 2.24) is 9.78 Å². The fourth-order valence-electron chi connectivity index (χ4n) is 2.48. The van der Waals surface area contributed by atoms with E-state index in [0.29, 0.717) is 0 Å². The van der Waals surface area contributed by atoms with Gasteiger partial charge in [-0.25, -0.2) is 4.68 Å². The molecule has 1 unspecified atom stereocenters. The maximum absolute atomic E-state index is 6.47. The van der Waals surface area contributed by atoms with E-state index in [1.807, 2.05) is 47.1 Å². The number of nitrogens with zero attached hydrogens (tertiary/aromatic N) is 2. The summed E-state index contributed by atoms with van der Waals surface area (Å²) in [5.41, 5.74) is 10.7. The molecule has 1 atom stereocenters. The zero-order valence-corrected chi connectivity index (χ0v) is 13.3. The molecule has 2 N–H and O–H groups in total. The predicted molar refractivity (Wildman–Crippen MR) is 88.5 cm³/mol. The topological polar surface area (TPSA) is 43.8 Å². The Morgan fingerprint density at radius 1 is 1.10 bits per heavy atom. The molecule has 0 spiro atoms. The van der Waals surface area contributed by atoms with Gasteiger partial charge in [0, 0.05) is 10.7 Å². The first-order valence-electron chi connectivity index (χ1n) is 6.78. The van der Waals surface area contributed by atoms with Crippen LogP contribution in [0.4, 0.5) is 0 Å². The molecule has 3 aromatic rings. The van der Waals surface area contributed by atoms with E-state index in [1.165, 1.54) is 0 Å². The highest BCUT2D eigenvalue weighted by molar-refractivity contribution is 9.10. The minimum atomic E-state index is -0.208. The number of hydrogen-bond acceptors (Lipinski definition) is 2. The number of nitrogens with two attached hydrogens (primary N) is 1. The van der Waals surface area contributed by atoms with Crippen molar-refractivity contribution in [2.45, 2.75) is 13.0 Å². The number of rotatable bonds is 3. The van der Waals surface area contributed by atoms with Crippen molar-refractivity contribution in [2.24, 2.45) is 5.73 Å². The minimum absolute atomic E-state index is 0.208. The van der Waals surface area contributed by atoms with E-state index in [4.69, 9.17) is 5.73 Å². The smallest absolute Gasteiger partial charge is 0.0730 e. The fourth-order valence-corrected chi connectivity index (χ4v) is 2.96. The maximum atomic E-state index is 6.47. The van der Waals surface area contributed by atoms with Crippen LogP contribution in [0.2, 0.25) is 0 Å². The van der Waals surface area contributed by atoms with Crippen LogP contribution in [-0.4, -0.2) is 9.78 Å². The van der Waals surface area contributed by atoms with Crippen LogP contribution in [-0.2, 0) is 0 Å². The molecular formula is C17H16BrN3. The molecule has 0 radical (unpaired) electrons. The first kappa shape index (κ1) is 14.0. The van der Waals surface area contributed by atoms with E-state index in [0.717, 1.165) is 27.0 Å². The van der Waals surface area contributed by atoms with Gasteiger partial charge < -0.3 is 5.73 Å². The number of aryl methyl sites for hydroxylation is 1. The summed E-state index contributed by atoms with van der Waals surface area (Å²) in [5.74, 6) is 0. The second kappa shape index (κ2) is 5.84. The molecule has 0 bridgehead atoms. The van der Waals surface area contributed by atoms with Gasteiger partial charge in [-0.3, -0.25) is 0 Å². The third-order valence-electron chi connectivity index (χ3n) is 3.56. The number of hydrogen-bond donors (Lipinski definition) is 1. The Hall–Kier alpha value is -1.91. The standard InChI is InChI=1S/C17H16BrN3/c1-12-11-13(18)7-8-15(12)17(19)16-9-10-20-21(16)14-5-3-2-4-6-14/h2-11,17H,19H2,1H3. The molecule has 3 rings (SSSR count). The van der Waals surface area contributed by atoms with Crippen LogP contribution in [0.15, 0.2) is 65.3 Å². The first-order chi connectivity index (χ1) is 10.2. The lowest BCUT2D eigenvalue weighted by molar-refractivity contribution is 0.736. The van der Waals surface area contributed by atoms with E-state index in [2.05, 4.69) is 40.1 Å². The summed E-state index contributed by atoms with van der Waals surface area (Å²) in [6.07, 6.45) is 1.79. The van der Waals surface area contributed by atoms with Gasteiger partial charge in [0.15, 0.2) is 0 Å². The van der Waals surface area contributed by atoms with Crippen molar-refractivity contribution in [3.05, 3.63) is 82.1 Å². The highest BCUT2D eigenvalue weighted by Crippen LogP contribution is 2.26. The SMILES string of the molecule is Cc1cc(Br)ccc1C(N)c1ccnn1-c1ccccc1. The second-order valence-corrected chi connectivity index (χ2v) is 5.90. The lowest BCUT2D eigenvalue weighted by atomic mass is 9.99. The summed E-state index contributed by atoms with van der Waals surface area (Å²) < 4.78 is 2.96. The zero-order chi connectivity index (χ0) is 14.8. The average Bonchev–Trinajstić information content (AvgIpc) is 2.97. The van der Waals surface area contributed by atoms with Crippen LogP contribution in [0.25, 0.3) is 5.69 Å². The molecule has 0 fully saturated rings. The minimum Gasteiger partial charge on any atom is -0.319 e. The van der Waals surface area contributed by atoms with Crippen molar-refractivity contribution in [3.8, 4) is 5.69 Å². The van der Waals surface area contributed by atoms with Gasteiger partial charge in [-0.05, 0) is 48.4 Å². The second-order valence-electron chi connectivity index (χ2n) is 4.98. The highest BCUT2D eigenvalue weighted by atomic mass is 79.9. The lowest BCUT2D eigenvalue weighted by Crippen LogP contribution is -2.17. The van der Waals surface area contributed by atoms with Crippen molar-refractivity contribution in [2.75, 3.05) is 0 Å². The Bertz CT molecular complexity index is 750. The van der Waals surface area contributed by atoms with E-state index in [1.54, 1.807) is 6.20 Å². The van der Waals surface area contributed by atoms with Gasteiger partial charge in [-0.15, -0.1) is 0 Å². The summed E-state index contributed by atoms with van der Waals surface area (Å²) in [4.78, 5) is 0. The van der Waals surface area contributed by atoms with Crippen molar-refractivity contribution < 1.29 is 0 Å². The van der Waals surface area contributed by atoms with Gasteiger partial charge in [0.2, 0.25) is 0 Å². The van der Waals surface area contributed by atoms with Gasteiger partial charge in [-0.2, -0.15) is 5.10 Å². The zero-order valence-electron chi connectivity index (χ0n) is 11.7. The Balaban J connectivity index is 2.03. The van der Waals surface area contributed by atoms with Gasteiger partial charge >= 0.3 is 0 Å². The maximum Gasteiger partial charge on any atom is 0.0730 e. The summed E-state index contributed by atoms with van der Waals surface area (Å²) in [5, 5.41) is 4.41. The molecule has 0 saturated heterocycles. The van der Waals surface area contributed by atoms with Crippen molar-refractivity contribution >= 4 is 15.9 Å². The third-order valence-corrected chi connectivity index (χ3v) is 4.05. The third kappa shape index (κ3) is 2.77. The average molecular weight is 342 g/mol. The molecule has 2 aromatic carbocycles. The highest BCUT2D eigenvalue weighted by Gasteiger charge is 2.16.